The molecule has 1 rings (SSSR count). The Kier molecular flexibility index (Phi) is 6.62. The Bertz CT molecular complexity index is 602. The molecule has 1 aromatic heterocycles. The minimum atomic E-state index is -2.19. The van der Waals surface area contributed by atoms with Gasteiger partial charge in [-0.2, -0.15) is 0 Å². The summed E-state index contributed by atoms with van der Waals surface area (Å²) in [6.45, 7) is 10.2. The first kappa shape index (κ1) is 20.2. The van der Waals surface area contributed by atoms with Gasteiger partial charge in [-0.3, -0.25) is 9.78 Å². The van der Waals surface area contributed by atoms with E-state index >= 15 is 0 Å². The van der Waals surface area contributed by atoms with Gasteiger partial charge in [-0.1, -0.05) is 20.8 Å². The third kappa shape index (κ3) is 6.01. The number of rotatable bonds is 7. The van der Waals surface area contributed by atoms with Crippen molar-refractivity contribution in [3.8, 4) is 0 Å². The van der Waals surface area contributed by atoms with Crippen molar-refractivity contribution >= 4 is 20.2 Å². The number of hydrogen-bond acceptors (Lipinski definition) is 4. The summed E-state index contributed by atoms with van der Waals surface area (Å²) in [6, 6.07) is 1.11. The maximum absolute atomic E-state index is 13.2. The van der Waals surface area contributed by atoms with Crippen LogP contribution in [0.15, 0.2) is 18.5 Å². The fourth-order valence-corrected chi connectivity index (χ4v) is 3.19. The van der Waals surface area contributed by atoms with Crippen molar-refractivity contribution < 1.29 is 23.5 Å². The molecule has 0 saturated heterocycles. The molecular weight excluding hydrogens is 331 g/mol. The summed E-state index contributed by atoms with van der Waals surface area (Å²) in [6.07, 6.45) is 0.473. The molecule has 0 aliphatic carbocycles. The number of Topliss-reactive ketones (excluding diaryl/α,β-unsaturated/α-hetero) is 1. The molecule has 0 bridgehead atoms. The number of pyridine rings is 1. The monoisotopic (exact) mass is 356 g/mol. The highest BCUT2D eigenvalue weighted by Gasteiger charge is 2.39. The first-order valence-electron chi connectivity index (χ1n) is 7.71. The summed E-state index contributed by atoms with van der Waals surface area (Å²) < 4.78 is 19.4. The Labute approximate surface area is 142 Å². The van der Waals surface area contributed by atoms with Crippen molar-refractivity contribution in [2.75, 3.05) is 6.54 Å². The van der Waals surface area contributed by atoms with Gasteiger partial charge < -0.3 is 14.8 Å². The van der Waals surface area contributed by atoms with Crippen LogP contribution in [-0.4, -0.2) is 42.9 Å². The van der Waals surface area contributed by atoms with Crippen molar-refractivity contribution in [2.24, 2.45) is 0 Å². The lowest BCUT2D eigenvalue weighted by Gasteiger charge is -2.39. The lowest BCUT2D eigenvalue weighted by Crippen LogP contribution is -2.47. The van der Waals surface area contributed by atoms with Crippen molar-refractivity contribution in [2.45, 2.75) is 51.4 Å². The van der Waals surface area contributed by atoms with E-state index in [1.165, 1.54) is 6.20 Å². The third-order valence-electron chi connectivity index (χ3n) is 4.19. The molecule has 8 heteroatoms. The van der Waals surface area contributed by atoms with Crippen molar-refractivity contribution in [1.82, 2.24) is 10.3 Å². The first-order chi connectivity index (χ1) is 10.9. The van der Waals surface area contributed by atoms with Gasteiger partial charge >= 0.3 is 6.09 Å². The van der Waals surface area contributed by atoms with Crippen LogP contribution in [0, 0.1) is 5.82 Å². The number of carbonyl (C=O) groups is 2. The molecule has 1 heterocycles. The van der Waals surface area contributed by atoms with Crippen LogP contribution in [0.1, 0.15) is 37.6 Å². The predicted molar refractivity (Wildman–Crippen MR) is 91.2 cm³/mol. The predicted octanol–water partition coefficient (Wildman–Crippen LogP) is 3.45. The standard InChI is InChI=1S/C16H25FN2O4Si/c1-16(2,3)24(4,5)23-13(10-19-15(21)22)7-14(20)11-6-12(17)9-18-8-11/h6,8-9,13,19H,7,10H2,1-5H3,(H,21,22). The topological polar surface area (TPSA) is 88.5 Å². The van der Waals surface area contributed by atoms with E-state index in [9.17, 15) is 14.0 Å². The van der Waals surface area contributed by atoms with Crippen LogP contribution >= 0.6 is 0 Å². The molecule has 6 nitrogen and oxygen atoms in total. The van der Waals surface area contributed by atoms with Crippen molar-refractivity contribution in [3.63, 3.8) is 0 Å². The molecule has 0 aliphatic heterocycles. The zero-order valence-corrected chi connectivity index (χ0v) is 15.7. The molecule has 1 amide bonds. The molecule has 1 aromatic rings. The fraction of sp³-hybridized carbons (Fsp3) is 0.562. The fourth-order valence-electron chi connectivity index (χ4n) is 1.84. The Morgan fingerprint density at radius 3 is 2.50 bits per heavy atom. The third-order valence-corrected chi connectivity index (χ3v) is 8.72. The number of carboxylic acid groups (broad SMARTS) is 1. The number of amides is 1. The van der Waals surface area contributed by atoms with Crippen LogP contribution in [0.5, 0.6) is 0 Å². The molecule has 134 valence electrons. The Morgan fingerprint density at radius 2 is 2.00 bits per heavy atom. The van der Waals surface area contributed by atoms with Gasteiger partial charge in [-0.05, 0) is 24.2 Å². The van der Waals surface area contributed by atoms with Crippen LogP contribution in [0.25, 0.3) is 0 Å². The molecule has 0 aromatic carbocycles. The molecule has 0 spiro atoms. The lowest BCUT2D eigenvalue weighted by atomic mass is 10.1. The van der Waals surface area contributed by atoms with Gasteiger partial charge in [0.15, 0.2) is 14.1 Å². The molecule has 0 saturated carbocycles. The second kappa shape index (κ2) is 7.85. The van der Waals surface area contributed by atoms with E-state index in [1.54, 1.807) is 0 Å². The number of hydrogen-bond donors (Lipinski definition) is 2. The van der Waals surface area contributed by atoms with E-state index < -0.39 is 26.3 Å². The average Bonchev–Trinajstić information content (AvgIpc) is 2.43. The molecule has 0 fully saturated rings. The van der Waals surface area contributed by atoms with Gasteiger partial charge in [0.25, 0.3) is 0 Å². The maximum atomic E-state index is 13.2. The van der Waals surface area contributed by atoms with Crippen LogP contribution in [-0.2, 0) is 4.43 Å². The zero-order valence-electron chi connectivity index (χ0n) is 14.7. The second-order valence-electron chi connectivity index (χ2n) is 7.21. The smallest absolute Gasteiger partial charge is 0.404 e. The van der Waals surface area contributed by atoms with E-state index in [2.05, 4.69) is 31.1 Å². The van der Waals surface area contributed by atoms with Crippen molar-refractivity contribution in [1.29, 1.82) is 0 Å². The van der Waals surface area contributed by atoms with Gasteiger partial charge in [0.2, 0.25) is 0 Å². The number of halogens is 1. The highest BCUT2D eigenvalue weighted by molar-refractivity contribution is 6.74. The maximum Gasteiger partial charge on any atom is 0.404 e. The zero-order chi connectivity index (χ0) is 18.5. The van der Waals surface area contributed by atoms with Crippen molar-refractivity contribution in [3.05, 3.63) is 29.8 Å². The van der Waals surface area contributed by atoms with Gasteiger partial charge in [-0.25, -0.2) is 9.18 Å². The minimum absolute atomic E-state index is 0.00364. The Morgan fingerprint density at radius 1 is 1.38 bits per heavy atom. The van der Waals surface area contributed by atoms with Gasteiger partial charge in [0, 0.05) is 24.7 Å². The van der Waals surface area contributed by atoms with Gasteiger partial charge in [-0.15, -0.1) is 0 Å². The van der Waals surface area contributed by atoms with Crippen LogP contribution in [0.3, 0.4) is 0 Å². The highest BCUT2D eigenvalue weighted by Crippen LogP contribution is 2.37. The molecule has 0 aliphatic rings. The summed E-state index contributed by atoms with van der Waals surface area (Å²) in [7, 11) is -2.19. The molecule has 1 unspecified atom stereocenters. The Balaban J connectivity index is 2.89. The van der Waals surface area contributed by atoms with E-state index in [0.717, 1.165) is 12.3 Å². The summed E-state index contributed by atoms with van der Waals surface area (Å²) >= 11 is 0. The number of carbonyl (C=O) groups excluding carboxylic acids is 1. The molecule has 24 heavy (non-hydrogen) atoms. The van der Waals surface area contributed by atoms with Gasteiger partial charge in [0.05, 0.1) is 12.3 Å². The lowest BCUT2D eigenvalue weighted by molar-refractivity contribution is 0.0886. The summed E-state index contributed by atoms with van der Waals surface area (Å²) in [4.78, 5) is 26.8. The minimum Gasteiger partial charge on any atom is -0.465 e. The Hall–Kier alpha value is -1.80. The second-order valence-corrected chi connectivity index (χ2v) is 12.0. The number of aromatic nitrogens is 1. The van der Waals surface area contributed by atoms with Crippen LogP contribution in [0.4, 0.5) is 9.18 Å². The molecule has 0 radical (unpaired) electrons. The van der Waals surface area contributed by atoms with Gasteiger partial charge in [0.1, 0.15) is 5.82 Å². The van der Waals surface area contributed by atoms with Crippen LogP contribution < -0.4 is 5.32 Å². The summed E-state index contributed by atoms with van der Waals surface area (Å²) in [5, 5.41) is 11.0. The van der Waals surface area contributed by atoms with E-state index in [1.807, 2.05) is 13.1 Å². The number of nitrogens with zero attached hydrogens (tertiary/aromatic N) is 1. The number of ketones is 1. The largest absolute Gasteiger partial charge is 0.465 e. The molecule has 1 atom stereocenters. The molecular formula is C16H25FN2O4Si. The average molecular weight is 356 g/mol. The highest BCUT2D eigenvalue weighted by atomic mass is 28.4. The van der Waals surface area contributed by atoms with E-state index in [0.29, 0.717) is 0 Å². The molecule has 2 N–H and O–H groups in total. The quantitative estimate of drug-likeness (QED) is 0.577. The first-order valence-corrected chi connectivity index (χ1v) is 10.6. The summed E-state index contributed by atoms with van der Waals surface area (Å²) in [5.41, 5.74) is 0.147. The van der Waals surface area contributed by atoms with E-state index in [-0.39, 0.29) is 29.4 Å². The SMILES string of the molecule is CC(C)(C)[Si](C)(C)OC(CNC(=O)O)CC(=O)c1cncc(F)c1. The normalized spacial score (nSPS) is 13.4. The van der Waals surface area contributed by atoms with Crippen LogP contribution in [0.2, 0.25) is 18.1 Å². The number of nitrogens with one attached hydrogen (secondary N) is 1. The van der Waals surface area contributed by atoms with E-state index in [4.69, 9.17) is 9.53 Å². The summed E-state index contributed by atoms with van der Waals surface area (Å²) in [5.74, 6) is -0.927.